The Morgan fingerprint density at radius 2 is 2.20 bits per heavy atom. The van der Waals surface area contributed by atoms with Crippen LogP contribution in [0.1, 0.15) is 20.3 Å². The van der Waals surface area contributed by atoms with Crippen molar-refractivity contribution in [1.29, 1.82) is 0 Å². The van der Waals surface area contributed by atoms with Crippen LogP contribution >= 0.6 is 0 Å². The van der Waals surface area contributed by atoms with Crippen LogP contribution in [0.5, 0.6) is 0 Å². The van der Waals surface area contributed by atoms with Crippen molar-refractivity contribution in [3.05, 3.63) is 12.4 Å². The number of hydrogen-bond donors (Lipinski definition) is 0. The van der Waals surface area contributed by atoms with E-state index in [1.807, 2.05) is 6.20 Å². The van der Waals surface area contributed by atoms with E-state index in [2.05, 4.69) is 36.9 Å². The van der Waals surface area contributed by atoms with E-state index in [9.17, 15) is 0 Å². The zero-order valence-electron chi connectivity index (χ0n) is 6.96. The van der Waals surface area contributed by atoms with E-state index in [1.165, 1.54) is 0 Å². The molecule has 0 aromatic carbocycles. The van der Waals surface area contributed by atoms with Crippen molar-refractivity contribution in [1.82, 2.24) is 9.80 Å². The van der Waals surface area contributed by atoms with Gasteiger partial charge in [0.05, 0.1) is 6.54 Å². The minimum Gasteiger partial charge on any atom is -0.311 e. The molecule has 2 heteroatoms. The predicted molar refractivity (Wildman–Crippen MR) is 42.0 cm³/mol. The molecule has 1 unspecified atom stereocenters. The number of rotatable bonds is 2. The van der Waals surface area contributed by atoms with Crippen molar-refractivity contribution in [2.75, 3.05) is 13.6 Å². The van der Waals surface area contributed by atoms with Gasteiger partial charge in [-0.15, -0.1) is 4.90 Å². The van der Waals surface area contributed by atoms with E-state index in [4.69, 9.17) is 0 Å². The van der Waals surface area contributed by atoms with E-state index in [0.29, 0.717) is 6.17 Å². The first-order valence-corrected chi connectivity index (χ1v) is 3.87. The Kier molecular flexibility index (Phi) is 2.13. The molecule has 0 saturated heterocycles. The van der Waals surface area contributed by atoms with Crippen LogP contribution in [-0.2, 0) is 0 Å². The van der Waals surface area contributed by atoms with Crippen LogP contribution in [0.25, 0.3) is 0 Å². The third-order valence-electron chi connectivity index (χ3n) is 1.96. The Labute approximate surface area is 63.1 Å². The Morgan fingerprint density at radius 3 is 2.60 bits per heavy atom. The van der Waals surface area contributed by atoms with Gasteiger partial charge in [0.15, 0.2) is 0 Å². The molecule has 1 rings (SSSR count). The minimum absolute atomic E-state index is 0.546. The molecule has 0 spiro atoms. The van der Waals surface area contributed by atoms with Crippen molar-refractivity contribution in [3.8, 4) is 0 Å². The highest BCUT2D eigenvalue weighted by Gasteiger charge is 2.31. The van der Waals surface area contributed by atoms with Gasteiger partial charge in [-0.1, -0.05) is 6.92 Å². The summed E-state index contributed by atoms with van der Waals surface area (Å²) in [6.07, 6.45) is 6.91. The fourth-order valence-electron chi connectivity index (χ4n) is 1.37. The lowest BCUT2D eigenvalue weighted by molar-refractivity contribution is 0.172. The van der Waals surface area contributed by atoms with Gasteiger partial charge in [-0.3, -0.25) is 0 Å². The molecule has 1 aliphatic heterocycles. The summed E-state index contributed by atoms with van der Waals surface area (Å²) in [6.45, 7) is 5.41. The fourth-order valence-corrected chi connectivity index (χ4v) is 1.37. The molecule has 0 N–H and O–H groups in total. The minimum atomic E-state index is 0.546. The first-order valence-electron chi connectivity index (χ1n) is 3.87. The molecule has 10 heavy (non-hydrogen) atoms. The summed E-state index contributed by atoms with van der Waals surface area (Å²) in [7, 11) is 2.09. The molecule has 0 radical (unpaired) electrons. The van der Waals surface area contributed by atoms with Crippen LogP contribution in [0.15, 0.2) is 6.20 Å². The van der Waals surface area contributed by atoms with E-state index >= 15 is 0 Å². The van der Waals surface area contributed by atoms with Gasteiger partial charge in [0.25, 0.3) is 6.20 Å². The lowest BCUT2D eigenvalue weighted by Crippen LogP contribution is -2.35. The van der Waals surface area contributed by atoms with Crippen molar-refractivity contribution in [2.24, 2.45) is 0 Å². The zero-order valence-corrected chi connectivity index (χ0v) is 6.96. The molecule has 0 aliphatic carbocycles. The average molecular weight is 139 g/mol. The van der Waals surface area contributed by atoms with Gasteiger partial charge in [0.1, 0.15) is 6.17 Å². The fraction of sp³-hybridized carbons (Fsp3) is 0.750. The Hall–Kier alpha value is -0.750. The average Bonchev–Trinajstić information content (AvgIpc) is 2.30. The van der Waals surface area contributed by atoms with Crippen LogP contribution in [0, 0.1) is 6.20 Å². The van der Waals surface area contributed by atoms with E-state index in [1.54, 1.807) is 0 Å². The second-order valence-electron chi connectivity index (χ2n) is 2.60. The number of nitrogens with zero attached hydrogens (tertiary/aromatic N) is 2. The lowest BCUT2D eigenvalue weighted by atomic mass is 10.3. The van der Waals surface area contributed by atoms with Crippen LogP contribution in [0.4, 0.5) is 0 Å². The van der Waals surface area contributed by atoms with Gasteiger partial charge >= 0.3 is 6.20 Å². The lowest BCUT2D eigenvalue weighted by Gasteiger charge is -2.19. The second kappa shape index (κ2) is 2.89. The van der Waals surface area contributed by atoms with Gasteiger partial charge in [0.2, 0.25) is 0 Å². The highest BCUT2D eigenvalue weighted by atomic mass is 15.4. The highest BCUT2D eigenvalue weighted by Crippen LogP contribution is 2.14. The van der Waals surface area contributed by atoms with E-state index in [-0.39, 0.29) is 0 Å². The molecule has 0 amide bonds. The summed E-state index contributed by atoms with van der Waals surface area (Å²) in [5.74, 6) is 0. The van der Waals surface area contributed by atoms with Gasteiger partial charge < -0.3 is 4.90 Å². The quantitative estimate of drug-likeness (QED) is 0.531. The second-order valence-corrected chi connectivity index (χ2v) is 2.60. The summed E-state index contributed by atoms with van der Waals surface area (Å²) in [6, 6.07) is 0. The van der Waals surface area contributed by atoms with Crippen LogP contribution in [0.2, 0.25) is 0 Å². The third-order valence-corrected chi connectivity index (χ3v) is 1.96. The molecule has 1 heterocycles. The molecule has 0 aromatic rings. The molecule has 2 nitrogen and oxygen atoms in total. The first kappa shape index (κ1) is 7.36. The molecule has 0 saturated carbocycles. The van der Waals surface area contributed by atoms with Crippen LogP contribution in [0.3, 0.4) is 0 Å². The molecule has 0 fully saturated rings. The van der Waals surface area contributed by atoms with E-state index < -0.39 is 0 Å². The maximum absolute atomic E-state index is 3.19. The largest absolute Gasteiger partial charge is 0.392 e. The third kappa shape index (κ3) is 1.07. The van der Waals surface area contributed by atoms with Gasteiger partial charge in [-0.2, -0.15) is 0 Å². The van der Waals surface area contributed by atoms with Crippen molar-refractivity contribution in [2.45, 2.75) is 26.4 Å². The predicted octanol–water partition coefficient (Wildman–Crippen LogP) is 1.26. The molecule has 0 bridgehead atoms. The standard InChI is InChI=1S/C8H15N2/c1-4-8-9(3)6-7-10(8)5-2/h6,8H,4-5H2,1-3H3/q+1. The maximum atomic E-state index is 3.19. The summed E-state index contributed by atoms with van der Waals surface area (Å²) in [5, 5.41) is 0. The monoisotopic (exact) mass is 139 g/mol. The van der Waals surface area contributed by atoms with Gasteiger partial charge in [0, 0.05) is 7.05 Å². The topological polar surface area (TPSA) is 6.48 Å². The molecular weight excluding hydrogens is 124 g/mol. The summed E-state index contributed by atoms with van der Waals surface area (Å²) in [5.41, 5.74) is 0. The smallest absolute Gasteiger partial charge is 0.311 e. The summed E-state index contributed by atoms with van der Waals surface area (Å²) in [4.78, 5) is 4.42. The maximum Gasteiger partial charge on any atom is 0.392 e. The van der Waals surface area contributed by atoms with Crippen molar-refractivity contribution in [3.63, 3.8) is 0 Å². The zero-order chi connectivity index (χ0) is 7.56. The Balaban J connectivity index is 2.53. The molecule has 1 aliphatic rings. The Bertz CT molecular complexity index is 131. The molecule has 0 aromatic heterocycles. The summed E-state index contributed by atoms with van der Waals surface area (Å²) < 4.78 is 0. The van der Waals surface area contributed by atoms with Gasteiger partial charge in [-0.05, 0) is 13.3 Å². The van der Waals surface area contributed by atoms with Crippen molar-refractivity contribution >= 4 is 0 Å². The Morgan fingerprint density at radius 1 is 1.50 bits per heavy atom. The SMILES string of the molecule is CCC1N(C)C=[C+]N1CC. The first-order chi connectivity index (χ1) is 4.79. The normalized spacial score (nSPS) is 23.7. The number of hydrogen-bond acceptors (Lipinski definition) is 2. The van der Waals surface area contributed by atoms with Gasteiger partial charge in [-0.25, -0.2) is 0 Å². The van der Waals surface area contributed by atoms with E-state index in [0.717, 1.165) is 13.0 Å². The van der Waals surface area contributed by atoms with Crippen molar-refractivity contribution < 1.29 is 0 Å². The van der Waals surface area contributed by atoms with Crippen LogP contribution < -0.4 is 0 Å². The molecule has 1 atom stereocenters. The molecular formula is C8H15N2+. The summed E-state index contributed by atoms with van der Waals surface area (Å²) >= 11 is 0. The highest BCUT2D eigenvalue weighted by molar-refractivity contribution is 4.88. The van der Waals surface area contributed by atoms with Crippen LogP contribution in [-0.4, -0.2) is 29.6 Å². The molecule has 56 valence electrons.